The molecule has 1 aliphatic carbocycles. The summed E-state index contributed by atoms with van der Waals surface area (Å²) < 4.78 is 0. The molecular weight excluding hydrogens is 284 g/mol. The van der Waals surface area contributed by atoms with Crippen molar-refractivity contribution >= 4 is 17.8 Å². The summed E-state index contributed by atoms with van der Waals surface area (Å²) in [6, 6.07) is -0.325. The maximum atomic E-state index is 12.7. The second kappa shape index (κ2) is 5.87. The zero-order valence-electron chi connectivity index (χ0n) is 13.1. The quantitative estimate of drug-likeness (QED) is 0.707. The van der Waals surface area contributed by atoms with Crippen molar-refractivity contribution in [2.75, 3.05) is 26.2 Å². The van der Waals surface area contributed by atoms with Crippen LogP contribution in [0.3, 0.4) is 0 Å². The highest BCUT2D eigenvalue weighted by molar-refractivity contribution is 6.09. The number of carbonyl (C=O) groups is 3. The third-order valence-electron chi connectivity index (χ3n) is 5.07. The van der Waals surface area contributed by atoms with E-state index in [0.29, 0.717) is 19.4 Å². The number of amides is 4. The lowest BCUT2D eigenvalue weighted by atomic mass is 9.82. The van der Waals surface area contributed by atoms with E-state index < -0.39 is 11.6 Å². The first-order valence-corrected chi connectivity index (χ1v) is 8.18. The van der Waals surface area contributed by atoms with Gasteiger partial charge >= 0.3 is 6.03 Å². The molecule has 2 heterocycles. The van der Waals surface area contributed by atoms with Gasteiger partial charge in [-0.1, -0.05) is 19.3 Å². The number of hydrogen-bond donors (Lipinski definition) is 2. The summed E-state index contributed by atoms with van der Waals surface area (Å²) in [7, 11) is 0. The lowest BCUT2D eigenvalue weighted by Crippen LogP contribution is -2.55. The van der Waals surface area contributed by atoms with Gasteiger partial charge in [-0.15, -0.1) is 0 Å². The number of nitrogens with zero attached hydrogens (tertiary/aromatic N) is 2. The van der Waals surface area contributed by atoms with Crippen LogP contribution in [0.1, 0.15) is 39.0 Å². The number of piperazine rings is 1. The Kier molecular flexibility index (Phi) is 4.08. The molecule has 4 amide bonds. The first-order chi connectivity index (χ1) is 10.5. The van der Waals surface area contributed by atoms with Crippen LogP contribution in [0.2, 0.25) is 0 Å². The minimum absolute atomic E-state index is 0.0886. The molecule has 0 unspecified atom stereocenters. The normalized spacial score (nSPS) is 28.1. The molecule has 3 rings (SSSR count). The van der Waals surface area contributed by atoms with E-state index in [1.807, 2.05) is 6.92 Å². The van der Waals surface area contributed by atoms with Crippen LogP contribution in [0.5, 0.6) is 0 Å². The van der Waals surface area contributed by atoms with Gasteiger partial charge < -0.3 is 15.5 Å². The number of carbonyl (C=O) groups excluding carboxylic acids is 3. The van der Waals surface area contributed by atoms with Crippen molar-refractivity contribution in [2.24, 2.45) is 0 Å². The maximum absolute atomic E-state index is 12.7. The van der Waals surface area contributed by atoms with Gasteiger partial charge in [-0.3, -0.25) is 14.5 Å². The molecule has 2 N–H and O–H groups in total. The monoisotopic (exact) mass is 308 g/mol. The summed E-state index contributed by atoms with van der Waals surface area (Å²) in [5, 5.41) is 6.07. The van der Waals surface area contributed by atoms with Crippen LogP contribution in [0.15, 0.2) is 0 Å². The second-order valence-electron chi connectivity index (χ2n) is 6.60. The smallest absolute Gasteiger partial charge is 0.325 e. The van der Waals surface area contributed by atoms with Gasteiger partial charge in [0.25, 0.3) is 5.91 Å². The van der Waals surface area contributed by atoms with Crippen molar-refractivity contribution in [1.82, 2.24) is 20.4 Å². The number of imide groups is 1. The predicted molar refractivity (Wildman–Crippen MR) is 80.1 cm³/mol. The summed E-state index contributed by atoms with van der Waals surface area (Å²) in [5.41, 5.74) is -0.745. The fourth-order valence-corrected chi connectivity index (χ4v) is 3.75. The van der Waals surface area contributed by atoms with Crippen molar-refractivity contribution in [3.63, 3.8) is 0 Å². The average molecular weight is 308 g/mol. The highest BCUT2D eigenvalue weighted by atomic mass is 16.2. The van der Waals surface area contributed by atoms with Crippen molar-refractivity contribution in [3.05, 3.63) is 0 Å². The van der Waals surface area contributed by atoms with Crippen molar-refractivity contribution in [2.45, 2.75) is 50.6 Å². The molecule has 122 valence electrons. The van der Waals surface area contributed by atoms with E-state index in [2.05, 4.69) is 10.6 Å². The molecule has 1 saturated carbocycles. The summed E-state index contributed by atoms with van der Waals surface area (Å²) in [6.45, 7) is 3.94. The molecular formula is C15H24N4O3. The van der Waals surface area contributed by atoms with Gasteiger partial charge in [-0.25, -0.2) is 4.79 Å². The maximum Gasteiger partial charge on any atom is 0.325 e. The van der Waals surface area contributed by atoms with Crippen LogP contribution in [-0.4, -0.2) is 65.4 Å². The van der Waals surface area contributed by atoms with Crippen LogP contribution < -0.4 is 10.6 Å². The summed E-state index contributed by atoms with van der Waals surface area (Å²) in [5.74, 6) is -0.362. The fraction of sp³-hybridized carbons (Fsp3) is 0.800. The second-order valence-corrected chi connectivity index (χ2v) is 6.60. The number of nitrogens with one attached hydrogen (secondary N) is 2. The highest BCUT2D eigenvalue weighted by Crippen LogP contribution is 2.33. The Morgan fingerprint density at radius 3 is 2.68 bits per heavy atom. The van der Waals surface area contributed by atoms with Gasteiger partial charge in [0.1, 0.15) is 12.1 Å². The molecule has 2 aliphatic heterocycles. The Morgan fingerprint density at radius 1 is 1.27 bits per heavy atom. The van der Waals surface area contributed by atoms with Gasteiger partial charge in [0.15, 0.2) is 0 Å². The molecule has 7 heteroatoms. The molecule has 3 aliphatic rings. The van der Waals surface area contributed by atoms with Gasteiger partial charge in [0.2, 0.25) is 5.91 Å². The molecule has 0 aromatic carbocycles. The topological polar surface area (TPSA) is 81.8 Å². The Labute approximate surface area is 130 Å². The first-order valence-electron chi connectivity index (χ1n) is 8.18. The Morgan fingerprint density at radius 2 is 2.00 bits per heavy atom. The molecule has 0 aromatic heterocycles. The van der Waals surface area contributed by atoms with E-state index >= 15 is 0 Å². The van der Waals surface area contributed by atoms with E-state index in [0.717, 1.165) is 37.3 Å². The number of rotatable bonds is 2. The lowest BCUT2D eigenvalue weighted by Gasteiger charge is -2.35. The first kappa shape index (κ1) is 15.3. The minimum atomic E-state index is -0.745. The standard InChI is InChI=1S/C15H24N4O3/c1-11-9-16-7-8-18(11)12(20)10-19-13(21)15(17-14(19)22)5-3-2-4-6-15/h11,16H,2-10H2,1H3,(H,17,22)/t11-/m1/s1. The van der Waals surface area contributed by atoms with Crippen molar-refractivity contribution < 1.29 is 14.4 Å². The zero-order valence-corrected chi connectivity index (χ0v) is 13.1. The third kappa shape index (κ3) is 2.58. The van der Waals surface area contributed by atoms with E-state index in [4.69, 9.17) is 0 Å². The van der Waals surface area contributed by atoms with Crippen LogP contribution >= 0.6 is 0 Å². The van der Waals surface area contributed by atoms with Crippen LogP contribution in [-0.2, 0) is 9.59 Å². The Balaban J connectivity index is 1.68. The number of hydrogen-bond acceptors (Lipinski definition) is 4. The minimum Gasteiger partial charge on any atom is -0.336 e. The summed E-state index contributed by atoms with van der Waals surface area (Å²) >= 11 is 0. The molecule has 0 radical (unpaired) electrons. The lowest BCUT2D eigenvalue weighted by molar-refractivity contribution is -0.141. The summed E-state index contributed by atoms with van der Waals surface area (Å²) in [4.78, 5) is 40.1. The van der Waals surface area contributed by atoms with Crippen LogP contribution in [0.4, 0.5) is 4.79 Å². The van der Waals surface area contributed by atoms with Gasteiger partial charge in [-0.05, 0) is 19.8 Å². The Bertz CT molecular complexity index is 487. The molecule has 22 heavy (non-hydrogen) atoms. The predicted octanol–water partition coefficient (Wildman–Crippen LogP) is 0.0614. The number of urea groups is 1. The average Bonchev–Trinajstić information content (AvgIpc) is 2.73. The van der Waals surface area contributed by atoms with Gasteiger partial charge in [-0.2, -0.15) is 0 Å². The molecule has 1 atom stereocenters. The fourth-order valence-electron chi connectivity index (χ4n) is 3.75. The molecule has 1 spiro atoms. The molecule has 7 nitrogen and oxygen atoms in total. The third-order valence-corrected chi connectivity index (χ3v) is 5.07. The molecule has 0 bridgehead atoms. The van der Waals surface area contributed by atoms with Crippen molar-refractivity contribution in [1.29, 1.82) is 0 Å². The SMILES string of the molecule is C[C@@H]1CNCCN1C(=O)CN1C(=O)NC2(CCCCC2)C1=O. The van der Waals surface area contributed by atoms with E-state index in [1.165, 1.54) is 0 Å². The molecule has 3 fully saturated rings. The largest absolute Gasteiger partial charge is 0.336 e. The Hall–Kier alpha value is -1.63. The highest BCUT2D eigenvalue weighted by Gasteiger charge is 2.51. The zero-order chi connectivity index (χ0) is 15.7. The van der Waals surface area contributed by atoms with E-state index in [-0.39, 0.29) is 24.4 Å². The van der Waals surface area contributed by atoms with Gasteiger partial charge in [0, 0.05) is 25.7 Å². The molecule has 2 saturated heterocycles. The van der Waals surface area contributed by atoms with E-state index in [1.54, 1.807) is 4.90 Å². The van der Waals surface area contributed by atoms with Crippen LogP contribution in [0, 0.1) is 0 Å². The van der Waals surface area contributed by atoms with E-state index in [9.17, 15) is 14.4 Å². The summed E-state index contributed by atoms with van der Waals surface area (Å²) in [6.07, 6.45) is 4.37. The van der Waals surface area contributed by atoms with Crippen LogP contribution in [0.25, 0.3) is 0 Å². The van der Waals surface area contributed by atoms with Crippen molar-refractivity contribution in [3.8, 4) is 0 Å². The molecule has 0 aromatic rings. The van der Waals surface area contributed by atoms with Gasteiger partial charge in [0.05, 0.1) is 0 Å².